The molecule has 0 spiro atoms. The monoisotopic (exact) mass is 442 g/mol. The summed E-state index contributed by atoms with van der Waals surface area (Å²) in [5.74, 6) is -1.76. The lowest BCUT2D eigenvalue weighted by molar-refractivity contribution is -0.132. The topological polar surface area (TPSA) is 122 Å². The predicted octanol–water partition coefficient (Wildman–Crippen LogP) is 1.30. The van der Waals surface area contributed by atoms with E-state index in [1.165, 1.54) is 6.20 Å². The number of pyridine rings is 1. The lowest BCUT2D eigenvalue weighted by atomic mass is 10.2. The van der Waals surface area contributed by atoms with E-state index in [9.17, 15) is 18.4 Å². The third-order valence-corrected chi connectivity index (χ3v) is 5.65. The molecule has 4 heterocycles. The molecule has 0 aromatic carbocycles. The molecule has 32 heavy (non-hydrogen) atoms. The fourth-order valence-corrected chi connectivity index (χ4v) is 3.91. The number of hydrogen-bond donors (Lipinski definition) is 2. The van der Waals surface area contributed by atoms with Crippen LogP contribution in [-0.4, -0.2) is 62.5 Å². The van der Waals surface area contributed by atoms with Crippen molar-refractivity contribution in [1.29, 1.82) is 0 Å². The molecule has 1 saturated heterocycles. The number of nitrogen functional groups attached to an aromatic ring is 1. The van der Waals surface area contributed by atoms with E-state index in [0.29, 0.717) is 26.2 Å². The van der Waals surface area contributed by atoms with Crippen molar-refractivity contribution >= 4 is 34.7 Å². The SMILES string of the molecule is Nc1nn2cc(F)cnc2c1C(=O)Nc1cncc(F)c1N1CCN(C(=O)C2CC2)CC1. The second kappa shape index (κ2) is 7.70. The van der Waals surface area contributed by atoms with Gasteiger partial charge in [-0.1, -0.05) is 0 Å². The normalized spacial score (nSPS) is 16.4. The van der Waals surface area contributed by atoms with E-state index < -0.39 is 17.5 Å². The van der Waals surface area contributed by atoms with Gasteiger partial charge in [0.05, 0.1) is 30.5 Å². The average Bonchev–Trinajstić information content (AvgIpc) is 3.56. The molecule has 3 N–H and O–H groups in total. The highest BCUT2D eigenvalue weighted by atomic mass is 19.1. The van der Waals surface area contributed by atoms with Crippen LogP contribution in [0.1, 0.15) is 23.2 Å². The Labute approximate surface area is 181 Å². The van der Waals surface area contributed by atoms with Crippen molar-refractivity contribution in [2.45, 2.75) is 12.8 Å². The van der Waals surface area contributed by atoms with Crippen molar-refractivity contribution < 1.29 is 18.4 Å². The summed E-state index contributed by atoms with van der Waals surface area (Å²) in [6, 6.07) is 0. The third-order valence-electron chi connectivity index (χ3n) is 5.65. The quantitative estimate of drug-likeness (QED) is 0.625. The Hall–Kier alpha value is -3.83. The van der Waals surface area contributed by atoms with Crippen LogP contribution >= 0.6 is 0 Å². The zero-order chi connectivity index (χ0) is 22.4. The van der Waals surface area contributed by atoms with Crippen LogP contribution in [0.3, 0.4) is 0 Å². The number of nitrogens with zero attached hydrogens (tertiary/aromatic N) is 6. The van der Waals surface area contributed by atoms with Gasteiger partial charge in [0.2, 0.25) is 5.91 Å². The molecule has 0 atom stereocenters. The van der Waals surface area contributed by atoms with E-state index in [1.807, 2.05) is 0 Å². The first-order chi connectivity index (χ1) is 15.4. The molecule has 0 radical (unpaired) electrons. The van der Waals surface area contributed by atoms with Crippen molar-refractivity contribution in [3.05, 3.63) is 42.0 Å². The summed E-state index contributed by atoms with van der Waals surface area (Å²) in [5, 5.41) is 6.53. The maximum Gasteiger partial charge on any atom is 0.263 e. The third kappa shape index (κ3) is 3.57. The maximum absolute atomic E-state index is 14.8. The second-order valence-electron chi connectivity index (χ2n) is 7.86. The molecule has 0 unspecified atom stereocenters. The van der Waals surface area contributed by atoms with E-state index in [4.69, 9.17) is 5.73 Å². The van der Waals surface area contributed by atoms with Crippen molar-refractivity contribution in [2.75, 3.05) is 42.1 Å². The number of aromatic nitrogens is 4. The van der Waals surface area contributed by atoms with Crippen molar-refractivity contribution in [3.8, 4) is 0 Å². The lowest BCUT2D eigenvalue weighted by Crippen LogP contribution is -2.49. The molecule has 1 aliphatic heterocycles. The molecule has 10 nitrogen and oxygen atoms in total. The first kappa shape index (κ1) is 20.1. The molecule has 2 aliphatic rings. The Bertz CT molecular complexity index is 1220. The molecule has 0 bridgehead atoms. The van der Waals surface area contributed by atoms with E-state index in [1.54, 1.807) is 9.80 Å². The van der Waals surface area contributed by atoms with Gasteiger partial charge in [-0.05, 0) is 12.8 Å². The van der Waals surface area contributed by atoms with Crippen LogP contribution in [0, 0.1) is 17.6 Å². The molecule has 2 fully saturated rings. The number of carbonyl (C=O) groups excluding carboxylic acids is 2. The van der Waals surface area contributed by atoms with Gasteiger partial charge in [0.25, 0.3) is 5.91 Å². The number of halogens is 2. The van der Waals surface area contributed by atoms with Gasteiger partial charge in [0.1, 0.15) is 11.3 Å². The summed E-state index contributed by atoms with van der Waals surface area (Å²) >= 11 is 0. The fraction of sp³-hybridized carbons (Fsp3) is 0.350. The highest BCUT2D eigenvalue weighted by molar-refractivity contribution is 6.12. The molecule has 12 heteroatoms. The number of nitrogens with one attached hydrogen (secondary N) is 1. The van der Waals surface area contributed by atoms with Crippen LogP contribution in [0.25, 0.3) is 5.65 Å². The number of carbonyl (C=O) groups is 2. The van der Waals surface area contributed by atoms with E-state index in [0.717, 1.165) is 35.9 Å². The van der Waals surface area contributed by atoms with Gasteiger partial charge in [-0.3, -0.25) is 14.6 Å². The fourth-order valence-electron chi connectivity index (χ4n) is 3.91. The van der Waals surface area contributed by atoms with Gasteiger partial charge in [0, 0.05) is 32.1 Å². The standard InChI is InChI=1S/C20H20F2N8O2/c21-12-7-25-18-15(17(23)27-30(18)10-12)19(31)26-14-9-24-8-13(22)16(14)28-3-5-29(6-4-28)20(32)11-1-2-11/h7-11H,1-6H2,(H2,23,27)(H,26,31). The number of rotatable bonds is 4. The number of fused-ring (bicyclic) bond motifs is 1. The van der Waals surface area contributed by atoms with Gasteiger partial charge in [-0.25, -0.2) is 18.3 Å². The Morgan fingerprint density at radius 3 is 2.56 bits per heavy atom. The van der Waals surface area contributed by atoms with Gasteiger partial charge in [-0.15, -0.1) is 5.10 Å². The minimum Gasteiger partial charge on any atom is -0.381 e. The van der Waals surface area contributed by atoms with Crippen molar-refractivity contribution in [2.24, 2.45) is 5.92 Å². The molecule has 2 amide bonds. The first-order valence-corrected chi connectivity index (χ1v) is 10.2. The number of piperazine rings is 1. The molecular formula is C20H20F2N8O2. The van der Waals surface area contributed by atoms with Gasteiger partial charge >= 0.3 is 0 Å². The second-order valence-corrected chi connectivity index (χ2v) is 7.86. The molecule has 3 aromatic heterocycles. The molecule has 1 saturated carbocycles. The number of nitrogens with two attached hydrogens (primary N) is 1. The smallest absolute Gasteiger partial charge is 0.263 e. The zero-order valence-electron chi connectivity index (χ0n) is 17.0. The number of hydrogen-bond acceptors (Lipinski definition) is 7. The maximum atomic E-state index is 14.8. The predicted molar refractivity (Wildman–Crippen MR) is 111 cm³/mol. The first-order valence-electron chi connectivity index (χ1n) is 10.2. The van der Waals surface area contributed by atoms with Crippen LogP contribution in [0.4, 0.5) is 26.0 Å². The largest absolute Gasteiger partial charge is 0.381 e. The van der Waals surface area contributed by atoms with E-state index in [-0.39, 0.29) is 40.2 Å². The van der Waals surface area contributed by atoms with Gasteiger partial charge in [-0.2, -0.15) is 0 Å². The van der Waals surface area contributed by atoms with Gasteiger partial charge < -0.3 is 20.9 Å². The molecular weight excluding hydrogens is 422 g/mol. The Morgan fingerprint density at radius 1 is 1.09 bits per heavy atom. The summed E-state index contributed by atoms with van der Waals surface area (Å²) < 4.78 is 29.2. The highest BCUT2D eigenvalue weighted by Gasteiger charge is 2.35. The molecule has 5 rings (SSSR count). The van der Waals surface area contributed by atoms with Gasteiger partial charge in [0.15, 0.2) is 23.1 Å². The van der Waals surface area contributed by atoms with Crippen LogP contribution in [0.5, 0.6) is 0 Å². The summed E-state index contributed by atoms with van der Waals surface area (Å²) in [5.41, 5.74) is 6.19. The summed E-state index contributed by atoms with van der Waals surface area (Å²) in [4.78, 5) is 36.6. The Balaban J connectivity index is 1.39. The Morgan fingerprint density at radius 2 is 1.84 bits per heavy atom. The Kier molecular flexibility index (Phi) is 4.83. The number of amides is 2. The number of anilines is 3. The highest BCUT2D eigenvalue weighted by Crippen LogP contribution is 2.33. The molecule has 3 aromatic rings. The summed E-state index contributed by atoms with van der Waals surface area (Å²) in [6.45, 7) is 1.78. The zero-order valence-corrected chi connectivity index (χ0v) is 17.0. The van der Waals surface area contributed by atoms with Crippen molar-refractivity contribution in [1.82, 2.24) is 24.5 Å². The van der Waals surface area contributed by atoms with Crippen LogP contribution in [0.2, 0.25) is 0 Å². The lowest BCUT2D eigenvalue weighted by Gasteiger charge is -2.37. The van der Waals surface area contributed by atoms with Crippen LogP contribution in [-0.2, 0) is 4.79 Å². The summed E-state index contributed by atoms with van der Waals surface area (Å²) in [6.07, 6.45) is 6.27. The molecule has 166 valence electrons. The minimum absolute atomic E-state index is 0.0555. The van der Waals surface area contributed by atoms with Crippen molar-refractivity contribution in [3.63, 3.8) is 0 Å². The van der Waals surface area contributed by atoms with Crippen LogP contribution in [0.15, 0.2) is 24.8 Å². The minimum atomic E-state index is -0.673. The average molecular weight is 442 g/mol. The summed E-state index contributed by atoms with van der Waals surface area (Å²) in [7, 11) is 0. The van der Waals surface area contributed by atoms with Crippen LogP contribution < -0.4 is 16.0 Å². The van der Waals surface area contributed by atoms with E-state index >= 15 is 0 Å². The van der Waals surface area contributed by atoms with E-state index in [2.05, 4.69) is 20.4 Å². The molecule has 1 aliphatic carbocycles.